The molecule has 2 heterocycles. The van der Waals surface area contributed by atoms with E-state index in [-0.39, 0.29) is 0 Å². The Labute approximate surface area is 105 Å². The van der Waals surface area contributed by atoms with Crippen LogP contribution in [0.3, 0.4) is 0 Å². The molecule has 5 heteroatoms. The Hall–Kier alpha value is -2.43. The van der Waals surface area contributed by atoms with Crippen molar-refractivity contribution in [3.8, 4) is 0 Å². The molecule has 1 N–H and O–H groups in total. The summed E-state index contributed by atoms with van der Waals surface area (Å²) in [5, 5.41) is 2.61. The van der Waals surface area contributed by atoms with Gasteiger partial charge in [-0.1, -0.05) is 6.07 Å². The zero-order chi connectivity index (χ0) is 12.6. The Bertz CT molecular complexity index is 488. The number of hydrogen-bond acceptors (Lipinski definition) is 4. The molecule has 0 unspecified atom stereocenters. The van der Waals surface area contributed by atoms with E-state index in [1.165, 1.54) is 0 Å². The lowest BCUT2D eigenvalue weighted by atomic mass is 10.2. The summed E-state index contributed by atoms with van der Waals surface area (Å²) in [6, 6.07) is 7.19. The lowest BCUT2D eigenvalue weighted by Gasteiger charge is -2.06. The number of anilines is 1. The SMILES string of the molecule is O=C(Nc1ccncc1)OCCc1cccnc1. The smallest absolute Gasteiger partial charge is 0.411 e. The number of nitrogens with one attached hydrogen (secondary N) is 1. The van der Waals surface area contributed by atoms with Crippen LogP contribution < -0.4 is 5.32 Å². The van der Waals surface area contributed by atoms with Gasteiger partial charge in [-0.2, -0.15) is 0 Å². The number of nitrogens with zero attached hydrogens (tertiary/aromatic N) is 2. The van der Waals surface area contributed by atoms with Gasteiger partial charge >= 0.3 is 6.09 Å². The first-order chi connectivity index (χ1) is 8.84. The van der Waals surface area contributed by atoms with E-state index in [4.69, 9.17) is 4.74 Å². The number of amides is 1. The van der Waals surface area contributed by atoms with E-state index in [0.717, 1.165) is 5.56 Å². The summed E-state index contributed by atoms with van der Waals surface area (Å²) in [6.45, 7) is 0.322. The Morgan fingerprint density at radius 1 is 1.17 bits per heavy atom. The topological polar surface area (TPSA) is 64.1 Å². The number of carbonyl (C=O) groups excluding carboxylic acids is 1. The second-order valence-electron chi connectivity index (χ2n) is 3.61. The van der Waals surface area contributed by atoms with Crippen LogP contribution in [0.15, 0.2) is 49.1 Å². The Morgan fingerprint density at radius 2 is 2.00 bits per heavy atom. The van der Waals surface area contributed by atoms with Crippen molar-refractivity contribution in [3.63, 3.8) is 0 Å². The average Bonchev–Trinajstić information content (AvgIpc) is 2.41. The normalized spacial score (nSPS) is 9.78. The molecule has 0 fully saturated rings. The third kappa shape index (κ3) is 3.86. The molecule has 0 spiro atoms. The lowest BCUT2D eigenvalue weighted by Crippen LogP contribution is -2.15. The summed E-state index contributed by atoms with van der Waals surface area (Å²) in [7, 11) is 0. The molecule has 0 bridgehead atoms. The summed E-state index contributed by atoms with van der Waals surface area (Å²) >= 11 is 0. The van der Waals surface area contributed by atoms with Gasteiger partial charge in [0.15, 0.2) is 0 Å². The Kier molecular flexibility index (Phi) is 4.24. The zero-order valence-corrected chi connectivity index (χ0v) is 9.74. The van der Waals surface area contributed by atoms with E-state index in [1.807, 2.05) is 12.1 Å². The number of hydrogen-bond donors (Lipinski definition) is 1. The molecular formula is C13H13N3O2. The molecule has 1 amide bonds. The molecule has 0 radical (unpaired) electrons. The number of rotatable bonds is 4. The molecule has 0 saturated heterocycles. The summed E-state index contributed by atoms with van der Waals surface area (Å²) in [5.74, 6) is 0. The first-order valence-corrected chi connectivity index (χ1v) is 5.57. The molecule has 2 aromatic heterocycles. The van der Waals surface area contributed by atoms with Crippen molar-refractivity contribution in [2.45, 2.75) is 6.42 Å². The lowest BCUT2D eigenvalue weighted by molar-refractivity contribution is 0.163. The molecular weight excluding hydrogens is 230 g/mol. The number of carbonyl (C=O) groups is 1. The van der Waals surface area contributed by atoms with Crippen molar-refractivity contribution in [3.05, 3.63) is 54.6 Å². The van der Waals surface area contributed by atoms with Crippen molar-refractivity contribution >= 4 is 11.8 Å². The van der Waals surface area contributed by atoms with Gasteiger partial charge in [0.05, 0.1) is 6.61 Å². The van der Waals surface area contributed by atoms with Crippen molar-refractivity contribution in [2.24, 2.45) is 0 Å². The molecule has 92 valence electrons. The van der Waals surface area contributed by atoms with Crippen LogP contribution in [0.4, 0.5) is 10.5 Å². The number of ether oxygens (including phenoxy) is 1. The Morgan fingerprint density at radius 3 is 2.72 bits per heavy atom. The third-order valence-corrected chi connectivity index (χ3v) is 2.27. The van der Waals surface area contributed by atoms with E-state index in [1.54, 1.807) is 36.9 Å². The van der Waals surface area contributed by atoms with Gasteiger partial charge in [-0.15, -0.1) is 0 Å². The second-order valence-corrected chi connectivity index (χ2v) is 3.61. The fourth-order valence-corrected chi connectivity index (χ4v) is 1.40. The fourth-order valence-electron chi connectivity index (χ4n) is 1.40. The van der Waals surface area contributed by atoms with Crippen LogP contribution in [0.1, 0.15) is 5.56 Å². The van der Waals surface area contributed by atoms with Gasteiger partial charge in [-0.05, 0) is 23.8 Å². The molecule has 18 heavy (non-hydrogen) atoms. The van der Waals surface area contributed by atoms with Crippen LogP contribution in [-0.2, 0) is 11.2 Å². The molecule has 0 aliphatic rings. The number of pyridine rings is 2. The second kappa shape index (κ2) is 6.34. The highest BCUT2D eigenvalue weighted by molar-refractivity contribution is 5.84. The minimum absolute atomic E-state index is 0.322. The molecule has 5 nitrogen and oxygen atoms in total. The largest absolute Gasteiger partial charge is 0.449 e. The fraction of sp³-hybridized carbons (Fsp3) is 0.154. The molecule has 0 aromatic carbocycles. The van der Waals surface area contributed by atoms with Gasteiger partial charge in [-0.25, -0.2) is 4.79 Å². The minimum atomic E-state index is -0.468. The standard InChI is InChI=1S/C13H13N3O2/c17-13(16-12-3-7-14-8-4-12)18-9-5-11-2-1-6-15-10-11/h1-4,6-8,10H,5,9H2,(H,14,16,17). The maximum Gasteiger partial charge on any atom is 0.411 e. The predicted octanol–water partition coefficient (Wildman–Crippen LogP) is 2.27. The maximum absolute atomic E-state index is 11.4. The van der Waals surface area contributed by atoms with Crippen LogP contribution in [0.2, 0.25) is 0 Å². The summed E-state index contributed by atoms with van der Waals surface area (Å²) in [5.41, 5.74) is 1.70. The van der Waals surface area contributed by atoms with Crippen LogP contribution in [0.5, 0.6) is 0 Å². The van der Waals surface area contributed by atoms with Gasteiger partial charge in [0.1, 0.15) is 0 Å². The van der Waals surface area contributed by atoms with Gasteiger partial charge < -0.3 is 4.74 Å². The first kappa shape index (κ1) is 12.0. The van der Waals surface area contributed by atoms with E-state index in [0.29, 0.717) is 18.7 Å². The summed E-state index contributed by atoms with van der Waals surface area (Å²) in [4.78, 5) is 19.3. The Balaban J connectivity index is 1.73. The van der Waals surface area contributed by atoms with Crippen LogP contribution >= 0.6 is 0 Å². The van der Waals surface area contributed by atoms with Crippen molar-refractivity contribution in [2.75, 3.05) is 11.9 Å². The van der Waals surface area contributed by atoms with E-state index < -0.39 is 6.09 Å². The van der Waals surface area contributed by atoms with Crippen LogP contribution in [-0.4, -0.2) is 22.7 Å². The highest BCUT2D eigenvalue weighted by Gasteiger charge is 2.02. The molecule has 2 aromatic rings. The average molecular weight is 243 g/mol. The summed E-state index contributed by atoms with van der Waals surface area (Å²) < 4.78 is 5.05. The zero-order valence-electron chi connectivity index (χ0n) is 9.74. The van der Waals surface area contributed by atoms with Crippen LogP contribution in [0.25, 0.3) is 0 Å². The monoisotopic (exact) mass is 243 g/mol. The van der Waals surface area contributed by atoms with Crippen molar-refractivity contribution < 1.29 is 9.53 Å². The van der Waals surface area contributed by atoms with Gasteiger partial charge in [0, 0.05) is 36.9 Å². The van der Waals surface area contributed by atoms with Crippen molar-refractivity contribution in [1.29, 1.82) is 0 Å². The van der Waals surface area contributed by atoms with Gasteiger partial charge in [0.25, 0.3) is 0 Å². The van der Waals surface area contributed by atoms with Gasteiger partial charge in [0.2, 0.25) is 0 Å². The quantitative estimate of drug-likeness (QED) is 0.894. The maximum atomic E-state index is 11.4. The third-order valence-electron chi connectivity index (χ3n) is 2.27. The van der Waals surface area contributed by atoms with Crippen molar-refractivity contribution in [1.82, 2.24) is 9.97 Å². The van der Waals surface area contributed by atoms with E-state index in [2.05, 4.69) is 15.3 Å². The molecule has 0 atom stereocenters. The van der Waals surface area contributed by atoms with Crippen LogP contribution in [0, 0.1) is 0 Å². The highest BCUT2D eigenvalue weighted by atomic mass is 16.5. The summed E-state index contributed by atoms with van der Waals surface area (Å²) in [6.07, 6.45) is 6.85. The molecule has 0 aliphatic carbocycles. The molecule has 0 aliphatic heterocycles. The number of aromatic nitrogens is 2. The molecule has 2 rings (SSSR count). The first-order valence-electron chi connectivity index (χ1n) is 5.57. The van der Waals surface area contributed by atoms with E-state index >= 15 is 0 Å². The van der Waals surface area contributed by atoms with Gasteiger partial charge in [-0.3, -0.25) is 15.3 Å². The van der Waals surface area contributed by atoms with E-state index in [9.17, 15) is 4.79 Å². The molecule has 0 saturated carbocycles. The minimum Gasteiger partial charge on any atom is -0.449 e. The highest BCUT2D eigenvalue weighted by Crippen LogP contribution is 2.04. The predicted molar refractivity (Wildman–Crippen MR) is 67.1 cm³/mol.